The van der Waals surface area contributed by atoms with Gasteiger partial charge in [-0.1, -0.05) is 6.92 Å². The highest BCUT2D eigenvalue weighted by Gasteiger charge is 2.27. The number of amides is 2. The quantitative estimate of drug-likeness (QED) is 0.664. The average Bonchev–Trinajstić information content (AvgIpc) is 2.23. The van der Waals surface area contributed by atoms with Crippen molar-refractivity contribution in [3.63, 3.8) is 0 Å². The lowest BCUT2D eigenvalue weighted by atomic mass is 9.98. The maximum absolute atomic E-state index is 11.7. The number of aromatic nitrogens is 1. The Labute approximate surface area is 92.1 Å². The van der Waals surface area contributed by atoms with E-state index in [-0.39, 0.29) is 17.9 Å². The minimum Gasteiger partial charge on any atom is -0.314 e. The molecule has 0 fully saturated rings. The molecule has 5 heteroatoms. The zero-order valence-electron chi connectivity index (χ0n) is 9.16. The van der Waals surface area contributed by atoms with Gasteiger partial charge in [0.05, 0.1) is 12.0 Å². The summed E-state index contributed by atoms with van der Waals surface area (Å²) in [6.45, 7) is 1.87. The van der Waals surface area contributed by atoms with E-state index in [1.54, 1.807) is 7.05 Å². The number of hydrogen-bond donors (Lipinski definition) is 1. The Kier molecular flexibility index (Phi) is 2.38. The van der Waals surface area contributed by atoms with E-state index in [0.29, 0.717) is 23.2 Å². The van der Waals surface area contributed by atoms with Crippen LogP contribution in [0.1, 0.15) is 28.5 Å². The highest BCUT2D eigenvalue weighted by molar-refractivity contribution is 6.10. The van der Waals surface area contributed by atoms with E-state index >= 15 is 0 Å². The van der Waals surface area contributed by atoms with Crippen LogP contribution in [0.5, 0.6) is 0 Å². The first-order chi connectivity index (χ1) is 7.54. The molecule has 1 aliphatic heterocycles. The van der Waals surface area contributed by atoms with E-state index < -0.39 is 5.91 Å². The summed E-state index contributed by atoms with van der Waals surface area (Å²) in [5.41, 5.74) is 1.50. The van der Waals surface area contributed by atoms with Gasteiger partial charge >= 0.3 is 0 Å². The van der Waals surface area contributed by atoms with Gasteiger partial charge in [0, 0.05) is 18.8 Å². The highest BCUT2D eigenvalue weighted by Crippen LogP contribution is 2.17. The van der Waals surface area contributed by atoms with Gasteiger partial charge in [0.2, 0.25) is 5.91 Å². The van der Waals surface area contributed by atoms with Gasteiger partial charge in [-0.25, -0.2) is 0 Å². The second-order valence-electron chi connectivity index (χ2n) is 3.80. The summed E-state index contributed by atoms with van der Waals surface area (Å²) in [4.78, 5) is 34.5. The Hall–Kier alpha value is -1.91. The fourth-order valence-corrected chi connectivity index (χ4v) is 1.95. The first-order valence-electron chi connectivity index (χ1n) is 5.10. The summed E-state index contributed by atoms with van der Waals surface area (Å²) in [7, 11) is 1.58. The molecule has 2 heterocycles. The van der Waals surface area contributed by atoms with Gasteiger partial charge in [0.15, 0.2) is 0 Å². The number of rotatable bonds is 1. The maximum Gasteiger partial charge on any atom is 0.259 e. The molecular weight excluding hydrogens is 208 g/mol. The molecule has 16 heavy (non-hydrogen) atoms. The van der Waals surface area contributed by atoms with Crippen molar-refractivity contribution in [1.29, 1.82) is 0 Å². The summed E-state index contributed by atoms with van der Waals surface area (Å²) >= 11 is 0. The van der Waals surface area contributed by atoms with Crippen LogP contribution in [0.25, 0.3) is 0 Å². The molecule has 1 N–H and O–H groups in total. The highest BCUT2D eigenvalue weighted by atomic mass is 16.2. The Morgan fingerprint density at radius 1 is 1.38 bits per heavy atom. The van der Waals surface area contributed by atoms with E-state index in [4.69, 9.17) is 0 Å². The normalized spacial score (nSPS) is 14.6. The predicted octanol–water partition coefficient (Wildman–Crippen LogP) is -0.240. The zero-order chi connectivity index (χ0) is 11.9. The molecule has 2 amide bonds. The van der Waals surface area contributed by atoms with Crippen LogP contribution in [0, 0.1) is 0 Å². The van der Waals surface area contributed by atoms with Crippen molar-refractivity contribution in [3.05, 3.63) is 33.2 Å². The molecule has 0 radical (unpaired) electrons. The first kappa shape index (κ1) is 10.6. The third-order valence-corrected chi connectivity index (χ3v) is 2.83. The lowest BCUT2D eigenvalue weighted by molar-refractivity contribution is -0.119. The van der Waals surface area contributed by atoms with Crippen molar-refractivity contribution in [2.75, 3.05) is 0 Å². The van der Waals surface area contributed by atoms with Gasteiger partial charge in [-0.15, -0.1) is 0 Å². The van der Waals surface area contributed by atoms with Gasteiger partial charge in [-0.05, 0) is 12.0 Å². The molecule has 1 aromatic heterocycles. The molecule has 1 aliphatic rings. The van der Waals surface area contributed by atoms with E-state index in [0.717, 1.165) is 0 Å². The maximum atomic E-state index is 11.7. The van der Waals surface area contributed by atoms with Gasteiger partial charge in [-0.3, -0.25) is 19.7 Å². The summed E-state index contributed by atoms with van der Waals surface area (Å²) in [5.74, 6) is -0.764. The third kappa shape index (κ3) is 1.44. The van der Waals surface area contributed by atoms with E-state index in [1.165, 1.54) is 10.6 Å². The molecular formula is C11H12N2O3. The molecule has 0 aromatic carbocycles. The zero-order valence-corrected chi connectivity index (χ0v) is 9.16. The summed E-state index contributed by atoms with van der Waals surface area (Å²) in [5, 5.41) is 2.26. The minimum atomic E-state index is -0.404. The predicted molar refractivity (Wildman–Crippen MR) is 57.2 cm³/mol. The molecule has 0 atom stereocenters. The van der Waals surface area contributed by atoms with Gasteiger partial charge in [0.1, 0.15) is 0 Å². The number of fused-ring (bicyclic) bond motifs is 1. The Bertz CT molecular complexity index is 543. The largest absolute Gasteiger partial charge is 0.314 e. The molecule has 5 nitrogen and oxygen atoms in total. The Morgan fingerprint density at radius 2 is 2.06 bits per heavy atom. The van der Waals surface area contributed by atoms with Crippen LogP contribution in [-0.2, 0) is 24.7 Å². The van der Waals surface area contributed by atoms with E-state index in [9.17, 15) is 14.4 Å². The summed E-state index contributed by atoms with van der Waals surface area (Å²) in [6.07, 6.45) is 0.681. The van der Waals surface area contributed by atoms with Crippen molar-refractivity contribution < 1.29 is 9.59 Å². The number of carbonyl (C=O) groups excluding carboxylic acids is 2. The standard InChI is InChI=1S/C11H12N2O3/c1-3-6-4-9(15)13(2)7-5-8(14)12-11(16)10(6)7/h4H,3,5H2,1-2H3,(H,12,14,16). The van der Waals surface area contributed by atoms with Crippen LogP contribution in [-0.4, -0.2) is 16.4 Å². The smallest absolute Gasteiger partial charge is 0.259 e. The first-order valence-corrected chi connectivity index (χ1v) is 5.10. The van der Waals surface area contributed by atoms with Gasteiger partial charge in [-0.2, -0.15) is 0 Å². The van der Waals surface area contributed by atoms with E-state index in [1.807, 2.05) is 6.92 Å². The Morgan fingerprint density at radius 3 is 2.69 bits per heavy atom. The fourth-order valence-electron chi connectivity index (χ4n) is 1.95. The lowest BCUT2D eigenvalue weighted by Crippen LogP contribution is -2.41. The molecule has 0 saturated carbocycles. The lowest BCUT2D eigenvalue weighted by Gasteiger charge is -2.20. The SMILES string of the molecule is CCc1cc(=O)n(C)c2c1C(=O)NC(=O)C2. The van der Waals surface area contributed by atoms with Crippen molar-refractivity contribution in [2.45, 2.75) is 19.8 Å². The number of carbonyl (C=O) groups is 2. The number of hydrogen-bond acceptors (Lipinski definition) is 3. The van der Waals surface area contributed by atoms with Crippen molar-refractivity contribution in [1.82, 2.24) is 9.88 Å². The monoisotopic (exact) mass is 220 g/mol. The molecule has 84 valence electrons. The second-order valence-corrected chi connectivity index (χ2v) is 3.80. The van der Waals surface area contributed by atoms with Crippen molar-refractivity contribution in [3.8, 4) is 0 Å². The van der Waals surface area contributed by atoms with Crippen molar-refractivity contribution >= 4 is 11.8 Å². The minimum absolute atomic E-state index is 0.0840. The molecule has 2 rings (SSSR count). The van der Waals surface area contributed by atoms with Crippen LogP contribution in [0.3, 0.4) is 0 Å². The molecule has 0 unspecified atom stereocenters. The summed E-state index contributed by atoms with van der Waals surface area (Å²) in [6, 6.07) is 1.45. The molecule has 0 spiro atoms. The van der Waals surface area contributed by atoms with Crippen LogP contribution in [0.4, 0.5) is 0 Å². The van der Waals surface area contributed by atoms with Crippen molar-refractivity contribution in [2.24, 2.45) is 7.05 Å². The number of nitrogens with zero attached hydrogens (tertiary/aromatic N) is 1. The molecule has 0 aliphatic carbocycles. The van der Waals surface area contributed by atoms with E-state index in [2.05, 4.69) is 5.32 Å². The molecule has 0 saturated heterocycles. The van der Waals surface area contributed by atoms with Crippen LogP contribution in [0.15, 0.2) is 10.9 Å². The van der Waals surface area contributed by atoms with Gasteiger partial charge in [0.25, 0.3) is 11.5 Å². The number of aryl methyl sites for hydroxylation is 1. The number of pyridine rings is 1. The van der Waals surface area contributed by atoms with Crippen LogP contribution >= 0.6 is 0 Å². The second kappa shape index (κ2) is 3.59. The van der Waals surface area contributed by atoms with Crippen LogP contribution < -0.4 is 10.9 Å². The molecule has 0 bridgehead atoms. The van der Waals surface area contributed by atoms with Gasteiger partial charge < -0.3 is 4.57 Å². The topological polar surface area (TPSA) is 68.2 Å². The van der Waals surface area contributed by atoms with Crippen LogP contribution in [0.2, 0.25) is 0 Å². The third-order valence-electron chi connectivity index (χ3n) is 2.83. The number of nitrogens with one attached hydrogen (secondary N) is 1. The average molecular weight is 220 g/mol. The summed E-state index contributed by atoms with van der Waals surface area (Å²) < 4.78 is 1.37. The number of imide groups is 1. The molecule has 1 aromatic rings. The Balaban J connectivity index is 2.78. The fraction of sp³-hybridized carbons (Fsp3) is 0.364.